The number of carbonyl (C=O) groups excluding carboxylic acids is 5. The molecule has 0 saturated carbocycles. The van der Waals surface area contributed by atoms with Gasteiger partial charge < -0.3 is 54.4 Å². The Labute approximate surface area is 584 Å². The van der Waals surface area contributed by atoms with Gasteiger partial charge in [-0.15, -0.1) is 10.2 Å². The Morgan fingerprint density at radius 2 is 1.05 bits per heavy atom. The zero-order chi connectivity index (χ0) is 69.2. The lowest BCUT2D eigenvalue weighted by Gasteiger charge is -2.19. The highest BCUT2D eigenvalue weighted by Crippen LogP contribution is 2.49. The van der Waals surface area contributed by atoms with Crippen LogP contribution < -0.4 is 30.7 Å². The van der Waals surface area contributed by atoms with Gasteiger partial charge in [-0.05, 0) is 137 Å². The van der Waals surface area contributed by atoms with Crippen LogP contribution in [0.5, 0.6) is 11.5 Å². The van der Waals surface area contributed by atoms with Crippen molar-refractivity contribution in [2.75, 3.05) is 63.1 Å². The van der Waals surface area contributed by atoms with Gasteiger partial charge in [-0.2, -0.15) is 0 Å². The molecule has 4 N–H and O–H groups in total. The van der Waals surface area contributed by atoms with Crippen molar-refractivity contribution < 1.29 is 57.1 Å². The van der Waals surface area contributed by atoms with Crippen LogP contribution in [-0.4, -0.2) is 135 Å². The van der Waals surface area contributed by atoms with Crippen molar-refractivity contribution in [3.63, 3.8) is 0 Å². The van der Waals surface area contributed by atoms with Gasteiger partial charge in [-0.25, -0.2) is 19.0 Å². The number of likely N-dealkylation sites (N-methyl/N-ethyl adjacent to an activating group) is 1. The first-order valence-electron chi connectivity index (χ1n) is 32.2. The number of halogens is 3. The smallest absolute Gasteiger partial charge is 0.339 e. The molecule has 0 aliphatic carbocycles. The molecule has 27 heteroatoms. The van der Waals surface area contributed by atoms with Crippen molar-refractivity contribution in [1.29, 1.82) is 0 Å². The number of esters is 2. The number of fused-ring (bicyclic) bond motifs is 6. The van der Waals surface area contributed by atoms with E-state index >= 15 is 0 Å². The van der Waals surface area contributed by atoms with Crippen LogP contribution in [0.4, 0.5) is 17.1 Å². The highest BCUT2D eigenvalue weighted by Gasteiger charge is 2.55. The Morgan fingerprint density at radius 1 is 0.586 bits per heavy atom. The molecule has 3 fully saturated rings. The fraction of sp³-hybridized carbons (Fsp3) is 0.319. The fourth-order valence-corrected chi connectivity index (χ4v) is 14.4. The zero-order valence-electron chi connectivity index (χ0n) is 54.6. The largest absolute Gasteiger partial charge is 0.486 e. The normalized spacial score (nSPS) is 21.3. The topological polar surface area (TPSA) is 285 Å². The number of aromatic nitrogens is 8. The maximum atomic E-state index is 12.9. The number of hydrogen-bond donors (Lipinski definition) is 4. The molecule has 6 atom stereocenters. The minimum absolute atomic E-state index is 0.0210. The number of carbonyl (C=O) groups is 5. The minimum Gasteiger partial charge on any atom is -0.486 e. The van der Waals surface area contributed by atoms with Gasteiger partial charge in [-0.1, -0.05) is 99.8 Å². The molecule has 9 aromatic rings. The summed E-state index contributed by atoms with van der Waals surface area (Å²) in [6, 6.07) is 38.7. The second-order valence-electron chi connectivity index (χ2n) is 24.9. The van der Waals surface area contributed by atoms with Crippen LogP contribution in [-0.2, 0) is 80.6 Å². The molecule has 15 rings (SSSR count). The summed E-state index contributed by atoms with van der Waals surface area (Å²) in [7, 11) is 3.23. The molecule has 10 heterocycles. The van der Waals surface area contributed by atoms with E-state index in [9.17, 15) is 24.0 Å². The van der Waals surface area contributed by atoms with Gasteiger partial charge in [0.25, 0.3) is 0 Å². The predicted octanol–water partition coefficient (Wildman–Crippen LogP) is 10.6. The highest BCUT2D eigenvalue weighted by atomic mass is 35.5. The van der Waals surface area contributed by atoms with Crippen LogP contribution in [0.2, 0.25) is 15.1 Å². The van der Waals surface area contributed by atoms with E-state index in [1.54, 1.807) is 97.1 Å². The van der Waals surface area contributed by atoms with E-state index in [1.165, 1.54) is 7.11 Å². The average molecular weight is 1400 g/mol. The summed E-state index contributed by atoms with van der Waals surface area (Å²) >= 11 is 19.1. The number of nitrogens with one attached hydrogen (secondary N) is 4. The molecule has 0 radical (unpaired) electrons. The number of anilines is 3. The Balaban J connectivity index is 0.000000144. The number of amides is 3. The van der Waals surface area contributed by atoms with Crippen LogP contribution in [0.1, 0.15) is 86.4 Å². The number of rotatable bonds is 17. The van der Waals surface area contributed by atoms with Gasteiger partial charge in [0.05, 0.1) is 116 Å². The molecule has 24 nitrogen and oxygen atoms in total. The van der Waals surface area contributed by atoms with Crippen molar-refractivity contribution in [1.82, 2.24) is 45.3 Å². The van der Waals surface area contributed by atoms with E-state index in [4.69, 9.17) is 68.0 Å². The monoisotopic (exact) mass is 1400 g/mol. The number of methoxy groups -OCH3 is 1. The summed E-state index contributed by atoms with van der Waals surface area (Å²) in [5, 5.41) is 30.2. The van der Waals surface area contributed by atoms with E-state index in [0.717, 1.165) is 46.7 Å². The van der Waals surface area contributed by atoms with Crippen molar-refractivity contribution in [3.05, 3.63) is 205 Å². The third kappa shape index (κ3) is 13.7. The standard InChI is InChI=1S/C30H27Cl2N5O5.C29H26ClN5O5.C13H16N2O2/c1-3-40-28(38)21-8-9-25(33-17(21)2)22-10-18(31)11-24(32)27(22)41-15-19-13-37(36-35-19)14-20-12-30(16-42-20)23-6-4-5-7-26(23)34-29(30)39;1-17-21(27(36)38-2)8-9-24(31-17)22-11-18(30)7-10-26(22)39-15-19-13-35(34-33-19)14-20-12-29(16-40-20)23-5-3-4-6-25(23)32-28(29)37;1-14-7-9-6-13(8-17-9)10-4-2-3-5-11(10)15-12(13)16/h4-11,13,20H,3,12,14-16H2,1-2H3,(H,34,39);3-11,13,20H,12,14-16H2,1-2H3,(H,32,37);2-5,9,14H,6-8H2,1H3,(H,15,16). The van der Waals surface area contributed by atoms with Gasteiger partial charge >= 0.3 is 11.9 Å². The Hall–Kier alpha value is -9.66. The lowest BCUT2D eigenvalue weighted by molar-refractivity contribution is -0.121. The lowest BCUT2D eigenvalue weighted by Crippen LogP contribution is -2.35. The summed E-state index contributed by atoms with van der Waals surface area (Å²) in [6.45, 7) is 8.57. The number of aryl methyl sites for hydroxylation is 2. The summed E-state index contributed by atoms with van der Waals surface area (Å²) < 4.78 is 43.4. The molecule has 99 heavy (non-hydrogen) atoms. The molecular formula is C72H69Cl3N12O12. The molecule has 3 spiro atoms. The fourth-order valence-electron chi connectivity index (χ4n) is 13.7. The molecular weight excluding hydrogens is 1330 g/mol. The Morgan fingerprint density at radius 3 is 1.55 bits per heavy atom. The number of pyridine rings is 2. The number of nitrogens with zero attached hydrogens (tertiary/aromatic N) is 8. The van der Waals surface area contributed by atoms with Crippen LogP contribution >= 0.6 is 34.8 Å². The number of benzene rings is 5. The second-order valence-corrected chi connectivity index (χ2v) is 26.2. The molecule has 3 saturated heterocycles. The van der Waals surface area contributed by atoms with Gasteiger partial charge in [0.15, 0.2) is 0 Å². The highest BCUT2D eigenvalue weighted by molar-refractivity contribution is 6.36. The van der Waals surface area contributed by atoms with Crippen molar-refractivity contribution >= 4 is 81.5 Å². The van der Waals surface area contributed by atoms with E-state index < -0.39 is 28.2 Å². The van der Waals surface area contributed by atoms with Crippen LogP contribution in [0.25, 0.3) is 22.5 Å². The lowest BCUT2D eigenvalue weighted by atomic mass is 9.79. The van der Waals surface area contributed by atoms with Crippen molar-refractivity contribution in [2.24, 2.45) is 0 Å². The maximum absolute atomic E-state index is 12.9. The zero-order valence-corrected chi connectivity index (χ0v) is 56.9. The third-order valence-electron chi connectivity index (χ3n) is 18.5. The van der Waals surface area contributed by atoms with E-state index in [2.05, 4.69) is 51.9 Å². The molecule has 0 bridgehead atoms. The van der Waals surface area contributed by atoms with E-state index in [0.29, 0.717) is 129 Å². The van der Waals surface area contributed by atoms with Crippen LogP contribution in [0.3, 0.4) is 0 Å². The molecule has 6 aliphatic rings. The van der Waals surface area contributed by atoms with Gasteiger partial charge in [-0.3, -0.25) is 24.4 Å². The second kappa shape index (κ2) is 28.7. The minimum atomic E-state index is -0.684. The Bertz CT molecular complexity index is 4610. The first kappa shape index (κ1) is 67.9. The third-order valence-corrected chi connectivity index (χ3v) is 19.2. The molecule has 510 valence electrons. The molecule has 3 amide bonds. The summed E-state index contributed by atoms with van der Waals surface area (Å²) in [4.78, 5) is 71.2. The average Bonchev–Trinajstić information content (AvgIpc) is 1.60. The predicted molar refractivity (Wildman–Crippen MR) is 367 cm³/mol. The Kier molecular flexibility index (Phi) is 19.7. The van der Waals surface area contributed by atoms with Crippen LogP contribution in [0, 0.1) is 13.8 Å². The van der Waals surface area contributed by atoms with Gasteiger partial charge in [0.2, 0.25) is 17.7 Å². The molecule has 4 aromatic heterocycles. The van der Waals surface area contributed by atoms with Crippen LogP contribution in [0.15, 0.2) is 140 Å². The number of ether oxygens (including phenoxy) is 7. The van der Waals surface area contributed by atoms with E-state index in [1.807, 2.05) is 79.8 Å². The quantitative estimate of drug-likeness (QED) is 0.0616. The first-order valence-corrected chi connectivity index (χ1v) is 33.3. The summed E-state index contributed by atoms with van der Waals surface area (Å²) in [5.41, 5.74) is 9.26. The molecule has 6 aliphatic heterocycles. The summed E-state index contributed by atoms with van der Waals surface area (Å²) in [5.74, 6) is 0.0743. The first-order chi connectivity index (χ1) is 47.9. The van der Waals surface area contributed by atoms with Crippen molar-refractivity contribution in [3.8, 4) is 34.0 Å². The number of hydrogen-bond acceptors (Lipinski definition) is 19. The summed E-state index contributed by atoms with van der Waals surface area (Å²) in [6.07, 6.45) is 5.19. The molecule has 6 unspecified atom stereocenters. The van der Waals surface area contributed by atoms with Gasteiger partial charge in [0.1, 0.15) is 52.3 Å². The maximum Gasteiger partial charge on any atom is 0.339 e. The number of para-hydroxylation sites is 3. The molecule has 5 aromatic carbocycles. The van der Waals surface area contributed by atoms with E-state index in [-0.39, 0.29) is 55.9 Å². The SMILES string of the molecule is CCOC(=O)c1ccc(-c2cc(Cl)cc(Cl)c2OCc2cn(CC3CC4(CO3)C(=O)Nc3ccccc34)nn2)nc1C.CNCC1CC2(CO1)C(=O)Nc1ccccc12.COC(=O)c1ccc(-c2cc(Cl)ccc2OCc2cn(CC3CC4(CO3)C(=O)Nc3ccccc34)nn2)nc1C. The van der Waals surface area contributed by atoms with Gasteiger partial charge in [0, 0.05) is 44.8 Å². The van der Waals surface area contributed by atoms with Crippen molar-refractivity contribution in [2.45, 2.75) is 101 Å².